The quantitative estimate of drug-likeness (QED) is 0.837. The van der Waals surface area contributed by atoms with Crippen LogP contribution in [0.3, 0.4) is 0 Å². The molecule has 1 unspecified atom stereocenters. The molecule has 0 aromatic carbocycles. The number of aliphatic hydroxyl groups excluding tert-OH is 1. The number of aliphatic hydroxyl groups is 1. The second-order valence-electron chi connectivity index (χ2n) is 5.56. The Morgan fingerprint density at radius 1 is 1.47 bits per heavy atom. The van der Waals surface area contributed by atoms with Crippen LogP contribution in [0, 0.1) is 0 Å². The van der Waals surface area contributed by atoms with E-state index in [0.29, 0.717) is 12.2 Å². The van der Waals surface area contributed by atoms with Crippen LogP contribution >= 0.6 is 0 Å². The van der Waals surface area contributed by atoms with Crippen molar-refractivity contribution in [1.29, 1.82) is 0 Å². The second kappa shape index (κ2) is 5.86. The maximum absolute atomic E-state index is 10.5. The zero-order valence-electron chi connectivity index (χ0n) is 11.7. The van der Waals surface area contributed by atoms with Gasteiger partial charge in [0, 0.05) is 31.2 Å². The molecule has 1 aliphatic heterocycles. The van der Waals surface area contributed by atoms with E-state index in [4.69, 9.17) is 10.5 Å². The van der Waals surface area contributed by atoms with Gasteiger partial charge in [0.2, 0.25) is 0 Å². The van der Waals surface area contributed by atoms with Gasteiger partial charge in [-0.15, -0.1) is 0 Å². The minimum absolute atomic E-state index is 0.276. The zero-order chi connectivity index (χ0) is 13.9. The SMILES string of the molecule is CC(C)(C(O)Cc1ccnc(N)c1)N1CCOCC1. The Labute approximate surface area is 114 Å². The number of hydrogen-bond acceptors (Lipinski definition) is 5. The molecule has 3 N–H and O–H groups in total. The highest BCUT2D eigenvalue weighted by Gasteiger charge is 2.35. The summed E-state index contributed by atoms with van der Waals surface area (Å²) < 4.78 is 5.36. The Hall–Kier alpha value is -1.17. The van der Waals surface area contributed by atoms with E-state index in [1.165, 1.54) is 0 Å². The second-order valence-corrected chi connectivity index (χ2v) is 5.56. The van der Waals surface area contributed by atoms with Crippen LogP contribution in [0.2, 0.25) is 0 Å². The zero-order valence-corrected chi connectivity index (χ0v) is 11.7. The number of hydrogen-bond donors (Lipinski definition) is 2. The van der Waals surface area contributed by atoms with E-state index in [-0.39, 0.29) is 5.54 Å². The minimum atomic E-state index is -0.451. The van der Waals surface area contributed by atoms with Crippen LogP contribution < -0.4 is 5.73 Å². The maximum atomic E-state index is 10.5. The van der Waals surface area contributed by atoms with Crippen LogP contribution in [0.1, 0.15) is 19.4 Å². The van der Waals surface area contributed by atoms with Gasteiger partial charge in [0.05, 0.1) is 19.3 Å². The smallest absolute Gasteiger partial charge is 0.123 e. The number of ether oxygens (including phenoxy) is 1. The molecule has 0 amide bonds. The van der Waals surface area contributed by atoms with Crippen molar-refractivity contribution in [3.63, 3.8) is 0 Å². The molecule has 2 heterocycles. The molecule has 19 heavy (non-hydrogen) atoms. The maximum Gasteiger partial charge on any atom is 0.123 e. The summed E-state index contributed by atoms with van der Waals surface area (Å²) in [6.45, 7) is 7.35. The van der Waals surface area contributed by atoms with Gasteiger partial charge in [-0.05, 0) is 31.5 Å². The summed E-state index contributed by atoms with van der Waals surface area (Å²) in [5.41, 5.74) is 6.41. The van der Waals surface area contributed by atoms with Gasteiger partial charge in [-0.3, -0.25) is 4.90 Å². The summed E-state index contributed by atoms with van der Waals surface area (Å²) in [5.74, 6) is 0.494. The first-order chi connectivity index (χ1) is 9.00. The third kappa shape index (κ3) is 3.43. The molecule has 0 bridgehead atoms. The highest BCUT2D eigenvalue weighted by Crippen LogP contribution is 2.23. The normalized spacial score (nSPS) is 19.3. The van der Waals surface area contributed by atoms with Gasteiger partial charge in [0.15, 0.2) is 0 Å². The van der Waals surface area contributed by atoms with Gasteiger partial charge in [-0.25, -0.2) is 4.98 Å². The predicted octanol–water partition coefficient (Wildman–Crippen LogP) is 0.678. The fourth-order valence-electron chi connectivity index (χ4n) is 2.44. The highest BCUT2D eigenvalue weighted by molar-refractivity contribution is 5.32. The van der Waals surface area contributed by atoms with Crippen LogP contribution in [-0.2, 0) is 11.2 Å². The molecule has 1 fully saturated rings. The summed E-state index contributed by atoms with van der Waals surface area (Å²) in [6, 6.07) is 3.72. The van der Waals surface area contributed by atoms with E-state index in [9.17, 15) is 5.11 Å². The van der Waals surface area contributed by atoms with Gasteiger partial charge in [-0.1, -0.05) is 0 Å². The lowest BCUT2D eigenvalue weighted by Crippen LogP contribution is -2.56. The molecule has 0 spiro atoms. The van der Waals surface area contributed by atoms with Gasteiger partial charge in [0.25, 0.3) is 0 Å². The topological polar surface area (TPSA) is 71.6 Å². The molecule has 1 aromatic rings. The number of anilines is 1. The standard InChI is InChI=1S/C14H23N3O2/c1-14(2,17-5-7-19-8-6-17)12(18)9-11-3-4-16-13(15)10-11/h3-4,10,12,18H,5-9H2,1-2H3,(H2,15,16). The fraction of sp³-hybridized carbons (Fsp3) is 0.643. The molecule has 1 aliphatic rings. The highest BCUT2D eigenvalue weighted by atomic mass is 16.5. The monoisotopic (exact) mass is 265 g/mol. The van der Waals surface area contributed by atoms with Crippen LogP contribution in [0.15, 0.2) is 18.3 Å². The number of morpholine rings is 1. The van der Waals surface area contributed by atoms with Crippen LogP contribution in [0.4, 0.5) is 5.82 Å². The van der Waals surface area contributed by atoms with Crippen LogP contribution in [-0.4, -0.2) is 52.9 Å². The Balaban J connectivity index is 2.03. The lowest BCUT2D eigenvalue weighted by atomic mass is 9.90. The Morgan fingerprint density at radius 3 is 2.79 bits per heavy atom. The number of nitrogen functional groups attached to an aromatic ring is 1. The minimum Gasteiger partial charge on any atom is -0.391 e. The van der Waals surface area contributed by atoms with Crippen molar-refractivity contribution in [2.24, 2.45) is 0 Å². The molecular weight excluding hydrogens is 242 g/mol. The Bertz CT molecular complexity index is 417. The van der Waals surface area contributed by atoms with E-state index in [0.717, 1.165) is 31.9 Å². The molecule has 2 rings (SSSR count). The van der Waals surface area contributed by atoms with E-state index in [1.807, 2.05) is 12.1 Å². The number of nitrogens with zero attached hydrogens (tertiary/aromatic N) is 2. The average Bonchev–Trinajstić information content (AvgIpc) is 2.39. The van der Waals surface area contributed by atoms with E-state index in [1.54, 1.807) is 6.20 Å². The fourth-order valence-corrected chi connectivity index (χ4v) is 2.44. The van der Waals surface area contributed by atoms with Crippen LogP contribution in [0.5, 0.6) is 0 Å². The lowest BCUT2D eigenvalue weighted by molar-refractivity contribution is -0.0612. The van der Waals surface area contributed by atoms with Crippen molar-refractivity contribution in [3.05, 3.63) is 23.9 Å². The summed E-state index contributed by atoms with van der Waals surface area (Å²) in [4.78, 5) is 6.25. The van der Waals surface area contributed by atoms with Gasteiger partial charge < -0.3 is 15.6 Å². The first kappa shape index (κ1) is 14.2. The molecule has 5 heteroatoms. The molecular formula is C14H23N3O2. The molecule has 0 aliphatic carbocycles. The Morgan fingerprint density at radius 2 is 2.16 bits per heavy atom. The van der Waals surface area contributed by atoms with Crippen molar-refractivity contribution in [2.45, 2.75) is 31.9 Å². The largest absolute Gasteiger partial charge is 0.391 e. The molecule has 0 saturated carbocycles. The Kier molecular flexibility index (Phi) is 4.39. The van der Waals surface area contributed by atoms with E-state index >= 15 is 0 Å². The molecule has 0 radical (unpaired) electrons. The molecule has 1 saturated heterocycles. The predicted molar refractivity (Wildman–Crippen MR) is 74.8 cm³/mol. The number of aromatic nitrogens is 1. The van der Waals surface area contributed by atoms with Crippen molar-refractivity contribution < 1.29 is 9.84 Å². The number of nitrogens with two attached hydrogens (primary N) is 1. The average molecular weight is 265 g/mol. The summed E-state index contributed by atoms with van der Waals surface area (Å²) >= 11 is 0. The first-order valence-corrected chi connectivity index (χ1v) is 6.71. The van der Waals surface area contributed by atoms with Gasteiger partial charge in [0.1, 0.15) is 5.82 Å². The number of rotatable bonds is 4. The van der Waals surface area contributed by atoms with Crippen LogP contribution in [0.25, 0.3) is 0 Å². The van der Waals surface area contributed by atoms with Crippen molar-refractivity contribution in [3.8, 4) is 0 Å². The lowest BCUT2D eigenvalue weighted by Gasteiger charge is -2.43. The summed E-state index contributed by atoms with van der Waals surface area (Å²) in [5, 5.41) is 10.5. The summed E-state index contributed by atoms with van der Waals surface area (Å²) in [6.07, 6.45) is 1.81. The molecule has 5 nitrogen and oxygen atoms in total. The van der Waals surface area contributed by atoms with Crippen molar-refractivity contribution in [2.75, 3.05) is 32.0 Å². The third-order valence-corrected chi connectivity index (χ3v) is 3.92. The van der Waals surface area contributed by atoms with Crippen molar-refractivity contribution >= 4 is 5.82 Å². The first-order valence-electron chi connectivity index (χ1n) is 6.71. The molecule has 106 valence electrons. The number of pyridine rings is 1. The van der Waals surface area contributed by atoms with Gasteiger partial charge >= 0.3 is 0 Å². The molecule has 1 atom stereocenters. The molecule has 1 aromatic heterocycles. The van der Waals surface area contributed by atoms with E-state index in [2.05, 4.69) is 23.7 Å². The third-order valence-electron chi connectivity index (χ3n) is 3.92. The summed E-state index contributed by atoms with van der Waals surface area (Å²) in [7, 11) is 0. The van der Waals surface area contributed by atoms with Gasteiger partial charge in [-0.2, -0.15) is 0 Å². The van der Waals surface area contributed by atoms with Crippen molar-refractivity contribution in [1.82, 2.24) is 9.88 Å². The van der Waals surface area contributed by atoms with E-state index < -0.39 is 6.10 Å².